The number of aromatic nitrogens is 2. The summed E-state index contributed by atoms with van der Waals surface area (Å²) >= 11 is 0. The van der Waals surface area contributed by atoms with Gasteiger partial charge in [-0.3, -0.25) is 0 Å². The molecule has 1 saturated carbocycles. The average molecular weight is 278 g/mol. The lowest BCUT2D eigenvalue weighted by Crippen LogP contribution is -2.39. The number of nitrogens with zero attached hydrogens (tertiary/aromatic N) is 3. The third kappa shape index (κ3) is 2.89. The molecule has 3 rings (SSSR count). The van der Waals surface area contributed by atoms with E-state index in [2.05, 4.69) is 14.9 Å². The summed E-state index contributed by atoms with van der Waals surface area (Å²) in [6, 6.07) is 1.03. The lowest BCUT2D eigenvalue weighted by molar-refractivity contribution is 0.0928. The maximum Gasteiger partial charge on any atom is 0.409 e. The summed E-state index contributed by atoms with van der Waals surface area (Å²) in [5.41, 5.74) is 0. The topological polar surface area (TPSA) is 59.4 Å². The number of amides is 1. The quantitative estimate of drug-likeness (QED) is 0.917. The predicted molar refractivity (Wildman–Crippen MR) is 75.7 cm³/mol. The number of nitrogens with one attached hydrogen (secondary N) is 1. The van der Waals surface area contributed by atoms with Crippen molar-refractivity contribution in [2.45, 2.75) is 44.7 Å². The highest BCUT2D eigenvalue weighted by Gasteiger charge is 2.27. The highest BCUT2D eigenvalue weighted by Crippen LogP contribution is 2.29. The number of likely N-dealkylation sites (tertiary alicyclic amines) is 1. The summed E-state index contributed by atoms with van der Waals surface area (Å²) in [6.45, 7) is 3.79. The Labute approximate surface area is 119 Å². The summed E-state index contributed by atoms with van der Waals surface area (Å²) in [6.07, 6.45) is 8.09. The van der Waals surface area contributed by atoms with E-state index >= 15 is 0 Å². The first kappa shape index (κ1) is 13.3. The van der Waals surface area contributed by atoms with Gasteiger partial charge in [-0.15, -0.1) is 0 Å². The first-order chi connectivity index (χ1) is 9.78. The fraction of sp³-hybridized carbons (Fsp3) is 0.714. The average Bonchev–Trinajstić information content (AvgIpc) is 3.15. The molecule has 2 aliphatic rings. The van der Waals surface area contributed by atoms with Gasteiger partial charge in [-0.05, 0) is 32.6 Å². The van der Waals surface area contributed by atoms with E-state index in [9.17, 15) is 4.79 Å². The van der Waals surface area contributed by atoms with E-state index in [1.165, 1.54) is 12.8 Å². The van der Waals surface area contributed by atoms with Gasteiger partial charge in [-0.2, -0.15) is 0 Å². The standard InChI is InChI=1S/C14H22N4O2/c1-2-20-14(19)17-8-5-12(6-9-17)18-10-7-15-13(18)16-11-3-4-11/h7,10-12H,2-6,8-9H2,1H3,(H,15,16). The van der Waals surface area contributed by atoms with Gasteiger partial charge in [0.1, 0.15) is 0 Å². The predicted octanol–water partition coefficient (Wildman–Crippen LogP) is 2.25. The highest BCUT2D eigenvalue weighted by atomic mass is 16.6. The summed E-state index contributed by atoms with van der Waals surface area (Å²) in [4.78, 5) is 17.9. The van der Waals surface area contributed by atoms with Crippen molar-refractivity contribution in [1.29, 1.82) is 0 Å². The molecule has 0 spiro atoms. The fourth-order valence-electron chi connectivity index (χ4n) is 2.67. The van der Waals surface area contributed by atoms with E-state index in [-0.39, 0.29) is 6.09 Å². The zero-order valence-corrected chi connectivity index (χ0v) is 11.9. The van der Waals surface area contributed by atoms with Crippen LogP contribution < -0.4 is 5.32 Å². The van der Waals surface area contributed by atoms with Gasteiger partial charge < -0.3 is 19.5 Å². The second kappa shape index (κ2) is 5.73. The van der Waals surface area contributed by atoms with Gasteiger partial charge >= 0.3 is 6.09 Å². The second-order valence-corrected chi connectivity index (χ2v) is 5.49. The molecule has 110 valence electrons. The van der Waals surface area contributed by atoms with Crippen LogP contribution in [-0.4, -0.2) is 46.3 Å². The minimum atomic E-state index is -0.187. The van der Waals surface area contributed by atoms with E-state index in [4.69, 9.17) is 4.74 Å². The Kier molecular flexibility index (Phi) is 3.80. The van der Waals surface area contributed by atoms with Crippen molar-refractivity contribution in [2.75, 3.05) is 25.0 Å². The number of anilines is 1. The van der Waals surface area contributed by atoms with Crippen LogP contribution in [0.1, 0.15) is 38.6 Å². The largest absolute Gasteiger partial charge is 0.450 e. The normalized spacial score (nSPS) is 19.9. The third-order valence-corrected chi connectivity index (χ3v) is 3.96. The summed E-state index contributed by atoms with van der Waals surface area (Å²) in [7, 11) is 0. The van der Waals surface area contributed by atoms with Crippen molar-refractivity contribution >= 4 is 12.0 Å². The number of carbonyl (C=O) groups is 1. The molecule has 2 fully saturated rings. The highest BCUT2D eigenvalue weighted by molar-refractivity contribution is 5.67. The number of hydrogen-bond acceptors (Lipinski definition) is 4. The molecule has 1 saturated heterocycles. The summed E-state index contributed by atoms with van der Waals surface area (Å²) < 4.78 is 7.27. The van der Waals surface area contributed by atoms with Crippen LogP contribution in [0.2, 0.25) is 0 Å². The van der Waals surface area contributed by atoms with Crippen LogP contribution in [0.15, 0.2) is 12.4 Å². The molecule has 1 aliphatic carbocycles. The minimum absolute atomic E-state index is 0.187. The zero-order valence-electron chi connectivity index (χ0n) is 11.9. The van der Waals surface area contributed by atoms with Crippen molar-refractivity contribution in [2.24, 2.45) is 0 Å². The number of ether oxygens (including phenoxy) is 1. The van der Waals surface area contributed by atoms with E-state index in [1.807, 2.05) is 19.3 Å². The molecule has 1 aliphatic heterocycles. The molecule has 6 nitrogen and oxygen atoms in total. The van der Waals surface area contributed by atoms with Gasteiger partial charge in [0.15, 0.2) is 0 Å². The molecule has 20 heavy (non-hydrogen) atoms. The van der Waals surface area contributed by atoms with E-state index in [0.29, 0.717) is 18.7 Å². The minimum Gasteiger partial charge on any atom is -0.450 e. The lowest BCUT2D eigenvalue weighted by atomic mass is 10.1. The maximum atomic E-state index is 11.7. The van der Waals surface area contributed by atoms with Crippen molar-refractivity contribution in [1.82, 2.24) is 14.5 Å². The third-order valence-electron chi connectivity index (χ3n) is 3.96. The molecule has 6 heteroatoms. The number of piperidine rings is 1. The lowest BCUT2D eigenvalue weighted by Gasteiger charge is -2.32. The number of hydrogen-bond donors (Lipinski definition) is 1. The molecule has 1 amide bonds. The number of rotatable bonds is 4. The molecule has 0 bridgehead atoms. The van der Waals surface area contributed by atoms with Crippen LogP contribution in [-0.2, 0) is 4.74 Å². The Morgan fingerprint density at radius 3 is 2.80 bits per heavy atom. The van der Waals surface area contributed by atoms with Crippen molar-refractivity contribution < 1.29 is 9.53 Å². The van der Waals surface area contributed by atoms with Gasteiger partial charge in [0.05, 0.1) is 6.61 Å². The summed E-state index contributed by atoms with van der Waals surface area (Å²) in [5.74, 6) is 0.974. The number of imidazole rings is 1. The van der Waals surface area contributed by atoms with Crippen LogP contribution >= 0.6 is 0 Å². The molecule has 1 aromatic rings. The first-order valence-electron chi connectivity index (χ1n) is 7.49. The van der Waals surface area contributed by atoms with Crippen LogP contribution in [0.25, 0.3) is 0 Å². The fourth-order valence-corrected chi connectivity index (χ4v) is 2.67. The molecule has 0 atom stereocenters. The second-order valence-electron chi connectivity index (χ2n) is 5.49. The zero-order chi connectivity index (χ0) is 13.9. The van der Waals surface area contributed by atoms with Gasteiger partial charge in [0, 0.05) is 37.6 Å². The molecular weight excluding hydrogens is 256 g/mol. The molecule has 0 unspecified atom stereocenters. The van der Waals surface area contributed by atoms with Crippen LogP contribution in [0.5, 0.6) is 0 Å². The Morgan fingerprint density at radius 2 is 2.15 bits per heavy atom. The van der Waals surface area contributed by atoms with Crippen molar-refractivity contribution in [3.8, 4) is 0 Å². The Bertz CT molecular complexity index is 461. The van der Waals surface area contributed by atoms with Gasteiger partial charge in [-0.1, -0.05) is 0 Å². The van der Waals surface area contributed by atoms with Gasteiger partial charge in [-0.25, -0.2) is 9.78 Å². The maximum absolute atomic E-state index is 11.7. The van der Waals surface area contributed by atoms with E-state index in [1.54, 1.807) is 4.90 Å². The van der Waals surface area contributed by atoms with Crippen LogP contribution in [0, 0.1) is 0 Å². The first-order valence-corrected chi connectivity index (χ1v) is 7.49. The number of carbonyl (C=O) groups excluding carboxylic acids is 1. The Balaban J connectivity index is 1.57. The molecule has 1 N–H and O–H groups in total. The summed E-state index contributed by atoms with van der Waals surface area (Å²) in [5, 5.41) is 3.46. The van der Waals surface area contributed by atoms with Gasteiger partial charge in [0.2, 0.25) is 5.95 Å². The van der Waals surface area contributed by atoms with Crippen molar-refractivity contribution in [3.63, 3.8) is 0 Å². The molecule has 1 aromatic heterocycles. The van der Waals surface area contributed by atoms with Gasteiger partial charge in [0.25, 0.3) is 0 Å². The molecule has 0 radical (unpaired) electrons. The Hall–Kier alpha value is -1.72. The van der Waals surface area contributed by atoms with Crippen molar-refractivity contribution in [3.05, 3.63) is 12.4 Å². The SMILES string of the molecule is CCOC(=O)N1CCC(n2ccnc2NC2CC2)CC1. The van der Waals surface area contributed by atoms with E-state index in [0.717, 1.165) is 31.9 Å². The molecule has 0 aromatic carbocycles. The smallest absolute Gasteiger partial charge is 0.409 e. The van der Waals surface area contributed by atoms with E-state index < -0.39 is 0 Å². The Morgan fingerprint density at radius 1 is 1.40 bits per heavy atom. The molecule has 2 heterocycles. The molecular formula is C14H22N4O2. The van der Waals surface area contributed by atoms with Crippen LogP contribution in [0.4, 0.5) is 10.7 Å². The monoisotopic (exact) mass is 278 g/mol. The van der Waals surface area contributed by atoms with Crippen LogP contribution in [0.3, 0.4) is 0 Å².